The van der Waals surface area contributed by atoms with E-state index in [1.807, 2.05) is 0 Å². The molecule has 0 bridgehead atoms. The molecule has 0 unspecified atom stereocenters. The number of hydrogen-bond acceptors (Lipinski definition) is 15. The topological polar surface area (TPSA) is 185 Å². The molecule has 0 saturated carbocycles. The standard InChI is InChI=1S/C31H32O15/c1-11-19-10-39-25(21(19)26(42-15(5)34)29(44-17(7)36)23(11)40-13(3)32)27-22-20(31(38-9)46-27)12(2)24(41-14(4)33)30(45-18(8)37)28(22)43-16(6)35/h25,27,31H,10H2,1-9H3/t25-,27+,31-/m1/s1. The number of rotatable bonds is 8. The van der Waals surface area contributed by atoms with E-state index in [2.05, 4.69) is 0 Å². The summed E-state index contributed by atoms with van der Waals surface area (Å²) in [5, 5.41) is 0. The van der Waals surface area contributed by atoms with Crippen LogP contribution < -0.4 is 28.4 Å². The second-order valence-corrected chi connectivity index (χ2v) is 10.4. The fourth-order valence-corrected chi connectivity index (χ4v) is 5.44. The molecule has 4 rings (SSSR count). The van der Waals surface area contributed by atoms with E-state index < -0.39 is 54.3 Å². The van der Waals surface area contributed by atoms with E-state index in [9.17, 15) is 28.8 Å². The minimum atomic E-state index is -1.23. The van der Waals surface area contributed by atoms with Crippen molar-refractivity contribution in [2.75, 3.05) is 7.11 Å². The smallest absolute Gasteiger partial charge is 0.308 e. The summed E-state index contributed by atoms with van der Waals surface area (Å²) < 4.78 is 51.0. The fourth-order valence-electron chi connectivity index (χ4n) is 5.44. The Morgan fingerprint density at radius 1 is 0.522 bits per heavy atom. The molecule has 2 aliphatic heterocycles. The van der Waals surface area contributed by atoms with Gasteiger partial charge in [-0.1, -0.05) is 0 Å². The molecule has 0 radical (unpaired) electrons. The zero-order valence-corrected chi connectivity index (χ0v) is 26.6. The highest BCUT2D eigenvalue weighted by Gasteiger charge is 2.49. The van der Waals surface area contributed by atoms with Gasteiger partial charge < -0.3 is 42.6 Å². The molecule has 0 spiro atoms. The number of ether oxygens (including phenoxy) is 9. The number of benzene rings is 2. The van der Waals surface area contributed by atoms with Gasteiger partial charge in [-0.15, -0.1) is 0 Å². The molecule has 0 aromatic heterocycles. The van der Waals surface area contributed by atoms with Gasteiger partial charge in [-0.2, -0.15) is 0 Å². The summed E-state index contributed by atoms with van der Waals surface area (Å²) >= 11 is 0. The van der Waals surface area contributed by atoms with E-state index in [0.29, 0.717) is 11.1 Å². The van der Waals surface area contributed by atoms with Crippen LogP contribution in [0.1, 0.15) is 93.4 Å². The number of hydrogen-bond donors (Lipinski definition) is 0. The average Bonchev–Trinajstić information content (AvgIpc) is 3.54. The predicted octanol–water partition coefficient (Wildman–Crippen LogP) is 3.84. The SMILES string of the molecule is CO[C@@H]1O[C@H]([C@@H]2OCc3c(C)c(OC(C)=O)c(OC(C)=O)c(OC(C)=O)c32)c2c(OC(C)=O)c(OC(C)=O)c(OC(C)=O)c(C)c21. The van der Waals surface area contributed by atoms with Crippen molar-refractivity contribution in [3.05, 3.63) is 33.4 Å². The van der Waals surface area contributed by atoms with E-state index in [1.165, 1.54) is 7.11 Å². The van der Waals surface area contributed by atoms with E-state index in [0.717, 1.165) is 41.5 Å². The van der Waals surface area contributed by atoms with Gasteiger partial charge in [-0.25, -0.2) is 0 Å². The first kappa shape index (κ1) is 34.0. The summed E-state index contributed by atoms with van der Waals surface area (Å²) in [5.41, 5.74) is 1.61. The Labute approximate surface area is 262 Å². The van der Waals surface area contributed by atoms with Gasteiger partial charge in [0.25, 0.3) is 0 Å². The molecular weight excluding hydrogens is 612 g/mol. The molecule has 15 heteroatoms. The van der Waals surface area contributed by atoms with Crippen molar-refractivity contribution in [1.29, 1.82) is 0 Å². The molecule has 2 aromatic rings. The summed E-state index contributed by atoms with van der Waals surface area (Å²) in [4.78, 5) is 73.4. The highest BCUT2D eigenvalue weighted by molar-refractivity contribution is 5.83. The van der Waals surface area contributed by atoms with Crippen molar-refractivity contribution in [2.24, 2.45) is 0 Å². The second-order valence-electron chi connectivity index (χ2n) is 10.4. The van der Waals surface area contributed by atoms with Crippen molar-refractivity contribution in [2.45, 2.75) is 80.5 Å². The maximum Gasteiger partial charge on any atom is 0.308 e. The van der Waals surface area contributed by atoms with Crippen molar-refractivity contribution >= 4 is 35.8 Å². The Morgan fingerprint density at radius 3 is 1.35 bits per heavy atom. The molecule has 0 amide bonds. The van der Waals surface area contributed by atoms with Crippen LogP contribution in [-0.2, 0) is 49.6 Å². The summed E-state index contributed by atoms with van der Waals surface area (Å²) in [7, 11) is 1.34. The van der Waals surface area contributed by atoms with E-state index in [4.69, 9.17) is 42.6 Å². The van der Waals surface area contributed by atoms with Crippen LogP contribution in [0, 0.1) is 13.8 Å². The second kappa shape index (κ2) is 13.2. The quantitative estimate of drug-likeness (QED) is 0.298. The van der Waals surface area contributed by atoms with Gasteiger partial charge in [0.05, 0.1) is 6.61 Å². The molecular formula is C31H32O15. The maximum atomic E-state index is 12.4. The molecule has 246 valence electrons. The Balaban J connectivity index is 2.09. The van der Waals surface area contributed by atoms with Gasteiger partial charge in [-0.05, 0) is 19.4 Å². The number of fused-ring (bicyclic) bond motifs is 2. The minimum absolute atomic E-state index is 0.119. The van der Waals surface area contributed by atoms with E-state index >= 15 is 0 Å². The normalized spacial score (nSPS) is 17.8. The number of carbonyl (C=O) groups is 6. The lowest BCUT2D eigenvalue weighted by Gasteiger charge is -2.25. The van der Waals surface area contributed by atoms with Crippen molar-refractivity contribution in [3.8, 4) is 34.5 Å². The van der Waals surface area contributed by atoms with Gasteiger partial charge in [0.2, 0.25) is 11.5 Å². The first-order chi connectivity index (χ1) is 21.6. The van der Waals surface area contributed by atoms with Gasteiger partial charge >= 0.3 is 35.8 Å². The highest BCUT2D eigenvalue weighted by atomic mass is 16.7. The van der Waals surface area contributed by atoms with Gasteiger partial charge in [0, 0.05) is 76.5 Å². The lowest BCUT2D eigenvalue weighted by atomic mass is 9.89. The van der Waals surface area contributed by atoms with Crippen LogP contribution in [0.15, 0.2) is 0 Å². The zero-order chi connectivity index (χ0) is 34.2. The Morgan fingerprint density at radius 2 is 0.913 bits per heavy atom. The maximum absolute atomic E-state index is 12.4. The third-order valence-corrected chi connectivity index (χ3v) is 6.91. The van der Waals surface area contributed by atoms with Crippen molar-refractivity contribution < 1.29 is 71.4 Å². The summed E-state index contributed by atoms with van der Waals surface area (Å²) in [6, 6.07) is 0. The average molecular weight is 645 g/mol. The first-order valence-corrected chi connectivity index (χ1v) is 13.9. The number of carbonyl (C=O) groups excluding carboxylic acids is 6. The van der Waals surface area contributed by atoms with Crippen LogP contribution in [0.4, 0.5) is 0 Å². The lowest BCUT2D eigenvalue weighted by molar-refractivity contribution is -0.176. The highest BCUT2D eigenvalue weighted by Crippen LogP contribution is 2.62. The summed E-state index contributed by atoms with van der Waals surface area (Å²) in [5.74, 6) is -6.45. The van der Waals surface area contributed by atoms with Crippen LogP contribution in [0.3, 0.4) is 0 Å². The van der Waals surface area contributed by atoms with Crippen LogP contribution in [-0.4, -0.2) is 42.9 Å². The summed E-state index contributed by atoms with van der Waals surface area (Å²) in [6.07, 6.45) is -3.57. The number of esters is 6. The van der Waals surface area contributed by atoms with Crippen LogP contribution in [0.2, 0.25) is 0 Å². The molecule has 2 aliphatic rings. The molecule has 0 fully saturated rings. The third kappa shape index (κ3) is 6.42. The monoisotopic (exact) mass is 644 g/mol. The van der Waals surface area contributed by atoms with Crippen molar-refractivity contribution in [3.63, 3.8) is 0 Å². The molecule has 0 aliphatic carbocycles. The number of methoxy groups -OCH3 is 1. The minimum Gasteiger partial charge on any atom is -0.422 e. The molecule has 0 saturated heterocycles. The van der Waals surface area contributed by atoms with Crippen molar-refractivity contribution in [1.82, 2.24) is 0 Å². The Bertz CT molecular complexity index is 1670. The molecule has 0 N–H and O–H groups in total. The van der Waals surface area contributed by atoms with Gasteiger partial charge in [-0.3, -0.25) is 28.8 Å². The predicted molar refractivity (Wildman–Crippen MR) is 151 cm³/mol. The molecule has 2 heterocycles. The molecule has 2 aromatic carbocycles. The van der Waals surface area contributed by atoms with E-state index in [1.54, 1.807) is 13.8 Å². The van der Waals surface area contributed by atoms with Crippen LogP contribution in [0.5, 0.6) is 34.5 Å². The van der Waals surface area contributed by atoms with Gasteiger partial charge in [0.1, 0.15) is 12.2 Å². The largest absolute Gasteiger partial charge is 0.422 e. The molecule has 15 nitrogen and oxygen atoms in total. The first-order valence-electron chi connectivity index (χ1n) is 13.9. The lowest BCUT2D eigenvalue weighted by Crippen LogP contribution is -2.18. The van der Waals surface area contributed by atoms with E-state index in [-0.39, 0.29) is 63.4 Å². The molecule has 46 heavy (non-hydrogen) atoms. The Kier molecular flexibility index (Phi) is 9.80. The molecule has 3 atom stereocenters. The van der Waals surface area contributed by atoms with Crippen LogP contribution in [0.25, 0.3) is 0 Å². The fraction of sp³-hybridized carbons (Fsp3) is 0.419. The zero-order valence-electron chi connectivity index (χ0n) is 26.6. The Hall–Kier alpha value is -4.86. The van der Waals surface area contributed by atoms with Crippen LogP contribution >= 0.6 is 0 Å². The van der Waals surface area contributed by atoms with Gasteiger partial charge in [0.15, 0.2) is 29.3 Å². The summed E-state index contributed by atoms with van der Waals surface area (Å²) in [6.45, 7) is 9.75. The third-order valence-electron chi connectivity index (χ3n) is 6.91.